The van der Waals surface area contributed by atoms with Crippen LogP contribution in [-0.4, -0.2) is 0 Å². The first-order chi connectivity index (χ1) is 16.7. The molecule has 6 rings (SSSR count). The van der Waals surface area contributed by atoms with Crippen LogP contribution >= 0.6 is 11.8 Å². The molecule has 0 saturated carbocycles. The van der Waals surface area contributed by atoms with E-state index in [1.807, 2.05) is 11.8 Å². The van der Waals surface area contributed by atoms with Crippen molar-refractivity contribution in [3.63, 3.8) is 0 Å². The van der Waals surface area contributed by atoms with E-state index in [-0.39, 0.29) is 0 Å². The average Bonchev–Trinajstić information content (AvgIpc) is 3.23. The molecular weight excluding hydrogens is 430 g/mol. The Bertz CT molecular complexity index is 1400. The smallest absolute Gasteiger partial charge is 0.0384 e. The van der Waals surface area contributed by atoms with E-state index in [4.69, 9.17) is 0 Å². The summed E-state index contributed by atoms with van der Waals surface area (Å²) in [5.74, 6) is 0.542. The molecule has 1 atom stereocenters. The predicted octanol–water partition coefficient (Wildman–Crippen LogP) is 9.09. The summed E-state index contributed by atoms with van der Waals surface area (Å²) in [6.45, 7) is 4.39. The van der Waals surface area contributed by atoms with Gasteiger partial charge in [-0.05, 0) is 101 Å². The van der Waals surface area contributed by atoms with E-state index in [2.05, 4.69) is 110 Å². The number of aryl methyl sites for hydroxylation is 2. The summed E-state index contributed by atoms with van der Waals surface area (Å²) < 4.78 is 0. The maximum Gasteiger partial charge on any atom is 0.0384 e. The lowest BCUT2D eigenvalue weighted by Crippen LogP contribution is -2.08. The van der Waals surface area contributed by atoms with E-state index >= 15 is 0 Å². The fraction of sp³-hybridized carbons (Fsp3) is 0.188. The molecule has 0 bridgehead atoms. The van der Waals surface area contributed by atoms with Crippen molar-refractivity contribution in [1.29, 1.82) is 0 Å². The molecule has 0 amide bonds. The number of hydrogen-bond donors (Lipinski definition) is 1. The van der Waals surface area contributed by atoms with Gasteiger partial charge in [0.25, 0.3) is 0 Å². The van der Waals surface area contributed by atoms with Gasteiger partial charge in [-0.1, -0.05) is 78.5 Å². The SMILES string of the molecule is Cc1ccccc1-c1ccc(NC2=CC=C(C3=CC=C4Sc5ccccc5C4C3)CC2)cc1C. The molecule has 2 aliphatic carbocycles. The highest BCUT2D eigenvalue weighted by atomic mass is 32.2. The Labute approximate surface area is 207 Å². The summed E-state index contributed by atoms with van der Waals surface area (Å²) in [5.41, 5.74) is 12.2. The third kappa shape index (κ3) is 3.97. The molecule has 1 unspecified atom stereocenters. The van der Waals surface area contributed by atoms with E-state index in [0.717, 1.165) is 19.3 Å². The second-order valence-corrected chi connectivity index (χ2v) is 10.6. The van der Waals surface area contributed by atoms with E-state index in [1.54, 1.807) is 0 Å². The first-order valence-corrected chi connectivity index (χ1v) is 13.0. The van der Waals surface area contributed by atoms with Gasteiger partial charge < -0.3 is 5.32 Å². The maximum atomic E-state index is 3.67. The molecule has 1 nitrogen and oxygen atoms in total. The number of thioether (sulfide) groups is 1. The van der Waals surface area contributed by atoms with Gasteiger partial charge in [-0.3, -0.25) is 0 Å². The molecule has 0 saturated heterocycles. The van der Waals surface area contributed by atoms with Crippen LogP contribution in [0.2, 0.25) is 0 Å². The van der Waals surface area contributed by atoms with Crippen LogP contribution in [0, 0.1) is 13.8 Å². The molecule has 1 N–H and O–H groups in total. The van der Waals surface area contributed by atoms with Crippen LogP contribution in [0.4, 0.5) is 5.69 Å². The lowest BCUT2D eigenvalue weighted by Gasteiger charge is -2.24. The molecule has 0 radical (unpaired) electrons. The molecule has 2 heteroatoms. The number of hydrogen-bond acceptors (Lipinski definition) is 2. The summed E-state index contributed by atoms with van der Waals surface area (Å²) >= 11 is 1.95. The summed E-state index contributed by atoms with van der Waals surface area (Å²) in [6.07, 6.45) is 12.6. The molecular formula is C32H29NS. The normalized spacial score (nSPS) is 18.8. The minimum atomic E-state index is 0.542. The zero-order chi connectivity index (χ0) is 23.1. The van der Waals surface area contributed by atoms with Gasteiger partial charge in [0.1, 0.15) is 0 Å². The topological polar surface area (TPSA) is 12.0 Å². The van der Waals surface area contributed by atoms with Gasteiger partial charge in [0.2, 0.25) is 0 Å². The monoisotopic (exact) mass is 459 g/mol. The predicted molar refractivity (Wildman–Crippen MR) is 146 cm³/mol. The highest BCUT2D eigenvalue weighted by molar-refractivity contribution is 8.03. The van der Waals surface area contributed by atoms with Gasteiger partial charge >= 0.3 is 0 Å². The van der Waals surface area contributed by atoms with Gasteiger partial charge in [-0.25, -0.2) is 0 Å². The molecule has 1 heterocycles. The zero-order valence-electron chi connectivity index (χ0n) is 19.8. The molecule has 0 spiro atoms. The van der Waals surface area contributed by atoms with E-state index in [9.17, 15) is 0 Å². The van der Waals surface area contributed by atoms with Crippen LogP contribution in [0.15, 0.2) is 118 Å². The summed E-state index contributed by atoms with van der Waals surface area (Å²) in [5, 5.41) is 3.67. The number of nitrogens with one attached hydrogen (secondary N) is 1. The summed E-state index contributed by atoms with van der Waals surface area (Å²) in [6, 6.07) is 24.2. The number of anilines is 1. The standard InChI is InChI=1S/C32H29NS/c1-21-7-3-4-8-27(21)28-17-16-26(19-22(28)2)33-25-14-11-23(12-15-25)24-13-18-32-30(20-24)29-9-5-6-10-31(29)34-32/h3-11,13-14,16-19,30,33H,12,15,20H2,1-2H3. The Morgan fingerprint density at radius 2 is 1.53 bits per heavy atom. The average molecular weight is 460 g/mol. The lowest BCUT2D eigenvalue weighted by atomic mass is 9.83. The third-order valence-electron chi connectivity index (χ3n) is 7.27. The second kappa shape index (κ2) is 8.85. The van der Waals surface area contributed by atoms with Crippen molar-refractivity contribution in [2.75, 3.05) is 5.32 Å². The van der Waals surface area contributed by atoms with Crippen LogP contribution in [0.25, 0.3) is 11.1 Å². The largest absolute Gasteiger partial charge is 0.359 e. The van der Waals surface area contributed by atoms with Crippen molar-refractivity contribution in [1.82, 2.24) is 0 Å². The molecule has 3 aromatic rings. The number of rotatable bonds is 4. The van der Waals surface area contributed by atoms with Crippen molar-refractivity contribution in [3.8, 4) is 11.1 Å². The molecule has 3 aliphatic rings. The maximum absolute atomic E-state index is 3.67. The summed E-state index contributed by atoms with van der Waals surface area (Å²) in [4.78, 5) is 2.94. The Morgan fingerprint density at radius 3 is 2.35 bits per heavy atom. The fourth-order valence-corrected chi connectivity index (χ4v) is 6.61. The van der Waals surface area contributed by atoms with E-state index < -0.39 is 0 Å². The van der Waals surface area contributed by atoms with Gasteiger partial charge in [0.05, 0.1) is 0 Å². The molecule has 168 valence electrons. The van der Waals surface area contributed by atoms with Gasteiger partial charge in [0, 0.05) is 22.2 Å². The van der Waals surface area contributed by atoms with E-state index in [0.29, 0.717) is 5.92 Å². The van der Waals surface area contributed by atoms with Crippen molar-refractivity contribution in [3.05, 3.63) is 129 Å². The number of fused-ring (bicyclic) bond motifs is 3. The molecule has 0 fully saturated rings. The van der Waals surface area contributed by atoms with E-state index in [1.165, 1.54) is 60.1 Å². The quantitative estimate of drug-likeness (QED) is 0.417. The summed E-state index contributed by atoms with van der Waals surface area (Å²) in [7, 11) is 0. The lowest BCUT2D eigenvalue weighted by molar-refractivity contribution is 0.784. The van der Waals surface area contributed by atoms with Crippen LogP contribution < -0.4 is 5.32 Å². The van der Waals surface area contributed by atoms with Gasteiger partial charge in [0.15, 0.2) is 0 Å². The van der Waals surface area contributed by atoms with Crippen molar-refractivity contribution in [2.45, 2.75) is 43.9 Å². The minimum absolute atomic E-state index is 0.542. The van der Waals surface area contributed by atoms with Crippen LogP contribution in [0.5, 0.6) is 0 Å². The third-order valence-corrected chi connectivity index (χ3v) is 8.51. The first kappa shape index (κ1) is 21.3. The van der Waals surface area contributed by atoms with Crippen molar-refractivity contribution < 1.29 is 0 Å². The van der Waals surface area contributed by atoms with Crippen LogP contribution in [0.3, 0.4) is 0 Å². The van der Waals surface area contributed by atoms with Crippen LogP contribution in [-0.2, 0) is 0 Å². The van der Waals surface area contributed by atoms with Gasteiger partial charge in [-0.15, -0.1) is 0 Å². The highest BCUT2D eigenvalue weighted by Crippen LogP contribution is 2.53. The second-order valence-electron chi connectivity index (χ2n) is 9.51. The number of allylic oxidation sites excluding steroid dienone is 8. The molecule has 0 aromatic heterocycles. The Balaban J connectivity index is 1.17. The fourth-order valence-electron chi connectivity index (χ4n) is 5.40. The minimum Gasteiger partial charge on any atom is -0.359 e. The molecule has 1 aliphatic heterocycles. The zero-order valence-corrected chi connectivity index (χ0v) is 20.6. The molecule has 34 heavy (non-hydrogen) atoms. The van der Waals surface area contributed by atoms with Crippen LogP contribution in [0.1, 0.15) is 41.9 Å². The Kier molecular flexibility index (Phi) is 5.55. The van der Waals surface area contributed by atoms with Crippen molar-refractivity contribution in [2.24, 2.45) is 0 Å². The number of benzene rings is 3. The first-order valence-electron chi connectivity index (χ1n) is 12.2. The van der Waals surface area contributed by atoms with Crippen molar-refractivity contribution >= 4 is 17.4 Å². The Morgan fingerprint density at radius 1 is 0.735 bits per heavy atom. The highest BCUT2D eigenvalue weighted by Gasteiger charge is 2.31. The van der Waals surface area contributed by atoms with Gasteiger partial charge in [-0.2, -0.15) is 0 Å². The Hall–Kier alpha value is -3.23. The molecule has 3 aromatic carbocycles.